The Morgan fingerprint density at radius 3 is 1.17 bits per heavy atom. The highest BCUT2D eigenvalue weighted by Gasteiger charge is 2.58. The number of ether oxygens (including phenoxy) is 1. The molecule has 0 atom stereocenters. The first kappa shape index (κ1) is 42.9. The van der Waals surface area contributed by atoms with E-state index in [0.29, 0.717) is 5.82 Å². The molecule has 3 heteroatoms. The molecule has 3 aliphatic rings. The van der Waals surface area contributed by atoms with Gasteiger partial charge in [0.15, 0.2) is 5.82 Å². The van der Waals surface area contributed by atoms with E-state index in [1.54, 1.807) is 0 Å². The Balaban J connectivity index is 0.876. The van der Waals surface area contributed by atoms with Gasteiger partial charge in [0.25, 0.3) is 0 Å². The Morgan fingerprint density at radius 2 is 0.600 bits per heavy atom. The molecule has 3 nitrogen and oxygen atoms in total. The Hall–Kier alpha value is -9.70. The molecule has 0 saturated heterocycles. The summed E-state index contributed by atoms with van der Waals surface area (Å²) in [5, 5.41) is 0. The Bertz CT molecular complexity index is 4000. The number of nitrogens with zero attached hydrogens (tertiary/aromatic N) is 2. The average Bonchev–Trinajstić information content (AvgIpc) is 3.84. The lowest BCUT2D eigenvalue weighted by atomic mass is 9.51. The summed E-state index contributed by atoms with van der Waals surface area (Å²) in [6, 6.07) is 101. The molecule has 15 rings (SSSR count). The van der Waals surface area contributed by atoms with Gasteiger partial charge in [-0.3, -0.25) is 0 Å². The number of aromatic nitrogens is 2. The molecule has 12 aromatic rings. The molecule has 0 N–H and O–H groups in total. The first-order valence-electron chi connectivity index (χ1n) is 25.8. The molecule has 11 aromatic carbocycles. The van der Waals surface area contributed by atoms with Crippen LogP contribution in [0.1, 0.15) is 44.5 Å². The monoisotopic (exact) mass is 954 g/mol. The zero-order chi connectivity index (χ0) is 49.5. The Kier molecular flexibility index (Phi) is 9.70. The van der Waals surface area contributed by atoms with Crippen LogP contribution in [-0.4, -0.2) is 9.97 Å². The van der Waals surface area contributed by atoms with E-state index in [0.717, 1.165) is 73.0 Å². The van der Waals surface area contributed by atoms with Gasteiger partial charge < -0.3 is 4.74 Å². The molecule has 1 aliphatic heterocycles. The van der Waals surface area contributed by atoms with Crippen molar-refractivity contribution in [2.24, 2.45) is 0 Å². The van der Waals surface area contributed by atoms with Crippen LogP contribution in [-0.2, 0) is 10.8 Å². The van der Waals surface area contributed by atoms with Gasteiger partial charge in [-0.05, 0) is 108 Å². The zero-order valence-electron chi connectivity index (χ0n) is 40.9. The van der Waals surface area contributed by atoms with Crippen LogP contribution in [0.25, 0.3) is 78.4 Å². The van der Waals surface area contributed by atoms with E-state index in [2.05, 4.69) is 279 Å². The van der Waals surface area contributed by atoms with Crippen LogP contribution in [0.5, 0.6) is 11.5 Å². The molecule has 0 bridgehead atoms. The fraction of sp³-hybridized carbons (Fsp3) is 0.0278. The van der Waals surface area contributed by atoms with Crippen LogP contribution in [0.15, 0.2) is 279 Å². The van der Waals surface area contributed by atoms with Crippen LogP contribution in [0.3, 0.4) is 0 Å². The molecule has 2 heterocycles. The van der Waals surface area contributed by atoms with E-state index in [1.165, 1.54) is 55.6 Å². The van der Waals surface area contributed by atoms with E-state index in [1.807, 2.05) is 0 Å². The summed E-state index contributed by atoms with van der Waals surface area (Å²) in [6.07, 6.45) is 0. The average molecular weight is 955 g/mol. The van der Waals surface area contributed by atoms with E-state index in [9.17, 15) is 0 Å². The summed E-state index contributed by atoms with van der Waals surface area (Å²) in [7, 11) is 0. The topological polar surface area (TPSA) is 35.0 Å². The Labute approximate surface area is 436 Å². The second-order valence-electron chi connectivity index (χ2n) is 19.9. The maximum absolute atomic E-state index is 6.74. The van der Waals surface area contributed by atoms with Crippen molar-refractivity contribution in [1.29, 1.82) is 0 Å². The first-order chi connectivity index (χ1) is 37.2. The minimum absolute atomic E-state index is 0.584. The summed E-state index contributed by atoms with van der Waals surface area (Å²) in [6.45, 7) is 0. The number of hydrogen-bond donors (Lipinski definition) is 0. The number of para-hydroxylation sites is 2. The number of hydrogen-bond acceptors (Lipinski definition) is 3. The van der Waals surface area contributed by atoms with Gasteiger partial charge in [0.1, 0.15) is 11.5 Å². The third kappa shape index (κ3) is 6.48. The van der Waals surface area contributed by atoms with Crippen molar-refractivity contribution < 1.29 is 4.74 Å². The standard InChI is InChI=1S/C72H46N2O/c1-3-18-47(19-4-1)49-34-38-51(39-35-49)66-46-67(74-70(73-66)52-40-36-50(37-41-52)48-20-5-2-6-21-48)55-23-17-22-53(44-55)54-42-43-59-57(45-54)56-24-7-8-25-58(56)71(59)60-26-9-11-28-62(60)72(63-29-12-10-27-61(63)71)64-30-13-15-32-68(64)75-69-33-16-14-31-65(69)72/h1-46H. The second-order valence-corrected chi connectivity index (χ2v) is 19.9. The first-order valence-corrected chi connectivity index (χ1v) is 25.8. The van der Waals surface area contributed by atoms with Gasteiger partial charge in [0.05, 0.1) is 22.2 Å². The van der Waals surface area contributed by atoms with Gasteiger partial charge >= 0.3 is 0 Å². The molecule has 0 fully saturated rings. The lowest BCUT2D eigenvalue weighted by Crippen LogP contribution is -2.45. The van der Waals surface area contributed by atoms with E-state index < -0.39 is 10.8 Å². The van der Waals surface area contributed by atoms with Crippen molar-refractivity contribution in [3.63, 3.8) is 0 Å². The van der Waals surface area contributed by atoms with E-state index in [-0.39, 0.29) is 0 Å². The Morgan fingerprint density at radius 1 is 0.227 bits per heavy atom. The highest BCUT2D eigenvalue weighted by molar-refractivity contribution is 5.92. The number of benzene rings is 11. The van der Waals surface area contributed by atoms with Crippen molar-refractivity contribution in [3.8, 4) is 89.9 Å². The highest BCUT2D eigenvalue weighted by Crippen LogP contribution is 2.67. The number of rotatable bonds is 6. The van der Waals surface area contributed by atoms with Crippen molar-refractivity contribution in [2.75, 3.05) is 0 Å². The smallest absolute Gasteiger partial charge is 0.160 e. The lowest BCUT2D eigenvalue weighted by Gasteiger charge is -2.51. The van der Waals surface area contributed by atoms with E-state index >= 15 is 0 Å². The van der Waals surface area contributed by atoms with Crippen LogP contribution < -0.4 is 4.74 Å². The van der Waals surface area contributed by atoms with Crippen molar-refractivity contribution >= 4 is 0 Å². The molecule has 0 unspecified atom stereocenters. The predicted octanol–water partition coefficient (Wildman–Crippen LogP) is 17.6. The molecule has 2 spiro atoms. The van der Waals surface area contributed by atoms with Gasteiger partial charge in [-0.2, -0.15) is 0 Å². The molecular formula is C72H46N2O. The zero-order valence-corrected chi connectivity index (χ0v) is 40.9. The number of fused-ring (bicyclic) bond motifs is 15. The maximum atomic E-state index is 6.74. The molecule has 75 heavy (non-hydrogen) atoms. The summed E-state index contributed by atoms with van der Waals surface area (Å²) < 4.78 is 6.74. The lowest BCUT2D eigenvalue weighted by molar-refractivity contribution is 0.429. The highest BCUT2D eigenvalue weighted by atomic mass is 16.5. The third-order valence-corrected chi connectivity index (χ3v) is 16.1. The predicted molar refractivity (Wildman–Crippen MR) is 304 cm³/mol. The quantitative estimate of drug-likeness (QED) is 0.167. The molecule has 0 amide bonds. The summed E-state index contributed by atoms with van der Waals surface area (Å²) >= 11 is 0. The normalized spacial score (nSPS) is 13.7. The van der Waals surface area contributed by atoms with Gasteiger partial charge in [0.2, 0.25) is 0 Å². The molecule has 2 aliphatic carbocycles. The largest absolute Gasteiger partial charge is 0.457 e. The van der Waals surface area contributed by atoms with Crippen LogP contribution in [0.4, 0.5) is 0 Å². The summed E-state index contributed by atoms with van der Waals surface area (Å²) in [4.78, 5) is 10.6. The second kappa shape index (κ2) is 16.9. The van der Waals surface area contributed by atoms with E-state index in [4.69, 9.17) is 14.7 Å². The third-order valence-electron chi connectivity index (χ3n) is 16.1. The van der Waals surface area contributed by atoms with Gasteiger partial charge in [-0.1, -0.05) is 249 Å². The fourth-order valence-electron chi connectivity index (χ4n) is 12.8. The molecular weight excluding hydrogens is 909 g/mol. The SMILES string of the molecule is c1ccc(-c2ccc(-c3cc(-c4cccc(-c5ccc6c(c5)-c5ccccc5C65c6ccccc6C6(c7ccccc7Oc7ccccc76)c6ccccc65)c4)nc(-c4ccc(-c5ccccc5)cc4)n3)cc2)cc1. The van der Waals surface area contributed by atoms with Crippen molar-refractivity contribution in [2.45, 2.75) is 10.8 Å². The van der Waals surface area contributed by atoms with Crippen molar-refractivity contribution in [3.05, 3.63) is 324 Å². The molecule has 0 radical (unpaired) electrons. The minimum atomic E-state index is -0.611. The minimum Gasteiger partial charge on any atom is -0.457 e. The molecule has 0 saturated carbocycles. The van der Waals surface area contributed by atoms with Crippen molar-refractivity contribution in [1.82, 2.24) is 9.97 Å². The van der Waals surface area contributed by atoms with Gasteiger partial charge in [-0.15, -0.1) is 0 Å². The maximum Gasteiger partial charge on any atom is 0.160 e. The molecule has 1 aromatic heterocycles. The summed E-state index contributed by atoms with van der Waals surface area (Å²) in [5.41, 5.74) is 23.0. The van der Waals surface area contributed by atoms with Crippen LogP contribution in [0.2, 0.25) is 0 Å². The van der Waals surface area contributed by atoms with Crippen LogP contribution >= 0.6 is 0 Å². The fourth-order valence-corrected chi connectivity index (χ4v) is 12.8. The van der Waals surface area contributed by atoms with Gasteiger partial charge in [-0.25, -0.2) is 9.97 Å². The van der Waals surface area contributed by atoms with Gasteiger partial charge in [0, 0.05) is 27.8 Å². The summed E-state index contributed by atoms with van der Waals surface area (Å²) in [5.74, 6) is 2.46. The molecule has 350 valence electrons. The van der Waals surface area contributed by atoms with Crippen LogP contribution in [0, 0.1) is 0 Å².